The first-order chi connectivity index (χ1) is 13.6. The SMILES string of the molecule is CCCCN1CCC(Cc2ccc(CC(=O)NCCc3n[nH]c(C)n3)cc2)C1. The summed E-state index contributed by atoms with van der Waals surface area (Å²) in [5.74, 6) is 2.35. The van der Waals surface area contributed by atoms with Crippen LogP contribution in [0.5, 0.6) is 0 Å². The summed E-state index contributed by atoms with van der Waals surface area (Å²) in [6.45, 7) is 8.41. The van der Waals surface area contributed by atoms with Gasteiger partial charge in [-0.3, -0.25) is 9.89 Å². The van der Waals surface area contributed by atoms with Gasteiger partial charge in [0.1, 0.15) is 5.82 Å². The van der Waals surface area contributed by atoms with Crippen molar-refractivity contribution in [2.75, 3.05) is 26.2 Å². The fraction of sp³-hybridized carbons (Fsp3) is 0.591. The first-order valence-corrected chi connectivity index (χ1v) is 10.6. The standard InChI is InChI=1S/C22H33N5O/c1-3-4-12-27-13-10-20(16-27)14-18-5-7-19(8-6-18)15-22(28)23-11-9-21-24-17(2)25-26-21/h5-8,20H,3-4,9-16H2,1-2H3,(H,23,28)(H,24,25,26). The third-order valence-corrected chi connectivity index (χ3v) is 5.42. The van der Waals surface area contributed by atoms with Crippen LogP contribution in [0.15, 0.2) is 24.3 Å². The first kappa shape index (κ1) is 20.5. The van der Waals surface area contributed by atoms with E-state index in [9.17, 15) is 4.79 Å². The summed E-state index contributed by atoms with van der Waals surface area (Å²) < 4.78 is 0. The Morgan fingerprint density at radius 3 is 2.79 bits per heavy atom. The van der Waals surface area contributed by atoms with Crippen molar-refractivity contribution in [1.82, 2.24) is 25.4 Å². The Labute approximate surface area is 168 Å². The van der Waals surface area contributed by atoms with Gasteiger partial charge in [-0.15, -0.1) is 0 Å². The number of benzene rings is 1. The number of rotatable bonds is 10. The highest BCUT2D eigenvalue weighted by atomic mass is 16.1. The molecule has 2 aromatic rings. The van der Waals surface area contributed by atoms with Gasteiger partial charge in [0.2, 0.25) is 5.91 Å². The molecule has 1 aliphatic rings. The Hall–Kier alpha value is -2.21. The van der Waals surface area contributed by atoms with E-state index in [1.54, 1.807) is 0 Å². The van der Waals surface area contributed by atoms with Gasteiger partial charge in [0.05, 0.1) is 6.42 Å². The monoisotopic (exact) mass is 383 g/mol. The lowest BCUT2D eigenvalue weighted by atomic mass is 9.97. The van der Waals surface area contributed by atoms with Gasteiger partial charge in [-0.05, 0) is 56.3 Å². The maximum absolute atomic E-state index is 12.1. The third-order valence-electron chi connectivity index (χ3n) is 5.42. The van der Waals surface area contributed by atoms with Gasteiger partial charge in [0.25, 0.3) is 0 Å². The van der Waals surface area contributed by atoms with Gasteiger partial charge in [-0.1, -0.05) is 37.6 Å². The Morgan fingerprint density at radius 2 is 2.07 bits per heavy atom. The molecule has 1 fully saturated rings. The average Bonchev–Trinajstić information content (AvgIpc) is 3.30. The molecule has 1 aromatic heterocycles. The minimum Gasteiger partial charge on any atom is -0.355 e. The van der Waals surface area contributed by atoms with Crippen LogP contribution in [0.4, 0.5) is 0 Å². The van der Waals surface area contributed by atoms with Crippen LogP contribution < -0.4 is 5.32 Å². The molecule has 0 radical (unpaired) electrons. The number of nitrogens with zero attached hydrogens (tertiary/aromatic N) is 3. The smallest absolute Gasteiger partial charge is 0.224 e. The van der Waals surface area contributed by atoms with E-state index in [1.165, 1.54) is 44.5 Å². The van der Waals surface area contributed by atoms with E-state index in [0.29, 0.717) is 19.4 Å². The Balaban J connectivity index is 1.37. The average molecular weight is 384 g/mol. The van der Waals surface area contributed by atoms with Gasteiger partial charge < -0.3 is 10.2 Å². The van der Waals surface area contributed by atoms with Gasteiger partial charge in [0.15, 0.2) is 5.82 Å². The van der Waals surface area contributed by atoms with Crippen LogP contribution in [0.1, 0.15) is 49.0 Å². The molecule has 1 atom stereocenters. The number of hydrogen-bond donors (Lipinski definition) is 2. The van der Waals surface area contributed by atoms with Gasteiger partial charge in [0, 0.05) is 19.5 Å². The molecule has 2 heterocycles. The maximum Gasteiger partial charge on any atom is 0.224 e. The molecular weight excluding hydrogens is 350 g/mol. The van der Waals surface area contributed by atoms with Crippen molar-refractivity contribution in [1.29, 1.82) is 0 Å². The molecule has 0 aliphatic carbocycles. The van der Waals surface area contributed by atoms with E-state index in [0.717, 1.165) is 29.6 Å². The van der Waals surface area contributed by atoms with Crippen molar-refractivity contribution < 1.29 is 4.79 Å². The summed E-state index contributed by atoms with van der Waals surface area (Å²) in [6.07, 6.45) is 6.09. The lowest BCUT2D eigenvalue weighted by molar-refractivity contribution is -0.120. The van der Waals surface area contributed by atoms with E-state index >= 15 is 0 Å². The summed E-state index contributed by atoms with van der Waals surface area (Å²) in [5, 5.41) is 9.83. The number of H-pyrrole nitrogens is 1. The highest BCUT2D eigenvalue weighted by Crippen LogP contribution is 2.21. The van der Waals surface area contributed by atoms with Crippen LogP contribution in [0.2, 0.25) is 0 Å². The van der Waals surface area contributed by atoms with Crippen molar-refractivity contribution in [2.45, 2.75) is 52.4 Å². The minimum atomic E-state index is 0.0439. The second-order valence-electron chi connectivity index (χ2n) is 7.94. The third kappa shape index (κ3) is 6.44. The second-order valence-corrected chi connectivity index (χ2v) is 7.94. The number of carbonyl (C=O) groups is 1. The fourth-order valence-electron chi connectivity index (χ4n) is 3.85. The summed E-state index contributed by atoms with van der Waals surface area (Å²) in [5.41, 5.74) is 2.44. The largest absolute Gasteiger partial charge is 0.355 e. The predicted octanol–water partition coefficient (Wildman–Crippen LogP) is 2.68. The van der Waals surface area contributed by atoms with Crippen molar-refractivity contribution >= 4 is 5.91 Å². The van der Waals surface area contributed by atoms with Crippen molar-refractivity contribution in [3.8, 4) is 0 Å². The molecule has 1 amide bonds. The summed E-state index contributed by atoms with van der Waals surface area (Å²) in [4.78, 5) is 19.0. The Morgan fingerprint density at radius 1 is 1.29 bits per heavy atom. The number of aryl methyl sites for hydroxylation is 1. The molecule has 3 rings (SSSR count). The van der Waals surface area contributed by atoms with Crippen LogP contribution in [0.3, 0.4) is 0 Å². The van der Waals surface area contributed by atoms with E-state index in [1.807, 2.05) is 6.92 Å². The van der Waals surface area contributed by atoms with Crippen molar-refractivity contribution in [2.24, 2.45) is 5.92 Å². The number of hydrogen-bond acceptors (Lipinski definition) is 4. The van der Waals surface area contributed by atoms with E-state index in [-0.39, 0.29) is 5.91 Å². The highest BCUT2D eigenvalue weighted by Gasteiger charge is 2.21. The van der Waals surface area contributed by atoms with Crippen LogP contribution in [-0.4, -0.2) is 52.2 Å². The van der Waals surface area contributed by atoms with Gasteiger partial charge >= 0.3 is 0 Å². The predicted molar refractivity (Wildman–Crippen MR) is 111 cm³/mol. The van der Waals surface area contributed by atoms with Crippen molar-refractivity contribution in [3.05, 3.63) is 47.0 Å². The minimum absolute atomic E-state index is 0.0439. The molecule has 2 N–H and O–H groups in total. The van der Waals surface area contributed by atoms with Crippen LogP contribution in [0.25, 0.3) is 0 Å². The van der Waals surface area contributed by atoms with E-state index in [2.05, 4.69) is 56.6 Å². The summed E-state index contributed by atoms with van der Waals surface area (Å²) in [6, 6.07) is 8.57. The molecule has 28 heavy (non-hydrogen) atoms. The van der Waals surface area contributed by atoms with Crippen LogP contribution in [0, 0.1) is 12.8 Å². The fourth-order valence-corrected chi connectivity index (χ4v) is 3.85. The number of carbonyl (C=O) groups excluding carboxylic acids is 1. The zero-order valence-electron chi connectivity index (χ0n) is 17.2. The Bertz CT molecular complexity index is 740. The molecule has 6 heteroatoms. The topological polar surface area (TPSA) is 73.9 Å². The summed E-state index contributed by atoms with van der Waals surface area (Å²) in [7, 11) is 0. The number of aromatic amines is 1. The molecule has 6 nitrogen and oxygen atoms in total. The van der Waals surface area contributed by atoms with Crippen molar-refractivity contribution in [3.63, 3.8) is 0 Å². The lowest BCUT2D eigenvalue weighted by Gasteiger charge is -2.15. The molecule has 1 aromatic carbocycles. The molecule has 152 valence electrons. The number of unbranched alkanes of at least 4 members (excludes halogenated alkanes) is 1. The van der Waals surface area contributed by atoms with Gasteiger partial charge in [-0.25, -0.2) is 4.98 Å². The van der Waals surface area contributed by atoms with Crippen LogP contribution in [-0.2, 0) is 24.1 Å². The van der Waals surface area contributed by atoms with Crippen LogP contribution >= 0.6 is 0 Å². The molecule has 0 spiro atoms. The Kier molecular flexibility index (Phi) is 7.60. The van der Waals surface area contributed by atoms with E-state index < -0.39 is 0 Å². The first-order valence-electron chi connectivity index (χ1n) is 10.6. The maximum atomic E-state index is 12.1. The zero-order chi connectivity index (χ0) is 19.8. The quantitative estimate of drug-likeness (QED) is 0.662. The number of nitrogens with one attached hydrogen (secondary N) is 2. The molecule has 1 aliphatic heterocycles. The van der Waals surface area contributed by atoms with E-state index in [4.69, 9.17) is 0 Å². The highest BCUT2D eigenvalue weighted by molar-refractivity contribution is 5.78. The molecule has 0 bridgehead atoms. The molecule has 1 saturated heterocycles. The number of amides is 1. The number of aromatic nitrogens is 3. The molecule has 0 saturated carbocycles. The molecular formula is C22H33N5O. The second kappa shape index (κ2) is 10.4. The zero-order valence-corrected chi connectivity index (χ0v) is 17.2. The summed E-state index contributed by atoms with van der Waals surface area (Å²) >= 11 is 0. The molecule has 1 unspecified atom stereocenters. The number of likely N-dealkylation sites (tertiary alicyclic amines) is 1. The normalized spacial score (nSPS) is 17.1. The lowest BCUT2D eigenvalue weighted by Crippen LogP contribution is -2.27. The van der Waals surface area contributed by atoms with Gasteiger partial charge in [-0.2, -0.15) is 5.10 Å².